The van der Waals surface area contributed by atoms with Gasteiger partial charge in [0.25, 0.3) is 0 Å². The number of hydrogen-bond acceptors (Lipinski definition) is 3. The Hall–Kier alpha value is -1.10. The number of halogens is 1. The molecule has 0 aliphatic carbocycles. The smallest absolute Gasteiger partial charge is 0.335 e. The predicted molar refractivity (Wildman–Crippen MR) is 80.5 cm³/mol. The van der Waals surface area contributed by atoms with E-state index < -0.39 is 5.97 Å². The second kappa shape index (κ2) is 8.25. The summed E-state index contributed by atoms with van der Waals surface area (Å²) in [6.07, 6.45) is 1.04. The molecule has 1 atom stereocenters. The number of nitrogens with zero attached hydrogens (tertiary/aromatic N) is 1. The van der Waals surface area contributed by atoms with Gasteiger partial charge in [-0.1, -0.05) is 24.6 Å². The molecule has 0 saturated heterocycles. The lowest BCUT2D eigenvalue weighted by molar-refractivity contribution is 0.0697. The molecule has 0 spiro atoms. The number of methoxy groups -OCH3 is 1. The Labute approximate surface area is 125 Å². The molecule has 0 amide bonds. The van der Waals surface area contributed by atoms with E-state index in [1.165, 1.54) is 6.07 Å². The minimum Gasteiger partial charge on any atom is -0.478 e. The highest BCUT2D eigenvalue weighted by Gasteiger charge is 2.15. The first-order valence-corrected chi connectivity index (χ1v) is 7.12. The number of carboxylic acids is 1. The van der Waals surface area contributed by atoms with Crippen LogP contribution in [-0.2, 0) is 11.3 Å². The molecule has 1 unspecified atom stereocenters. The lowest BCUT2D eigenvalue weighted by Gasteiger charge is -2.28. The van der Waals surface area contributed by atoms with Gasteiger partial charge in [0.1, 0.15) is 0 Å². The van der Waals surface area contributed by atoms with Crippen LogP contribution in [0.5, 0.6) is 0 Å². The zero-order valence-corrected chi connectivity index (χ0v) is 13.0. The molecule has 0 aliphatic rings. The molecule has 0 heterocycles. The first-order chi connectivity index (χ1) is 9.49. The maximum Gasteiger partial charge on any atom is 0.335 e. The Kier molecular flexibility index (Phi) is 6.99. The number of benzene rings is 1. The zero-order chi connectivity index (χ0) is 15.1. The van der Waals surface area contributed by atoms with E-state index in [1.54, 1.807) is 19.2 Å². The van der Waals surface area contributed by atoms with Crippen molar-refractivity contribution in [1.29, 1.82) is 0 Å². The molecule has 1 aromatic carbocycles. The van der Waals surface area contributed by atoms with E-state index in [4.69, 9.17) is 21.4 Å². The Bertz CT molecular complexity index is 451. The lowest BCUT2D eigenvalue weighted by Crippen LogP contribution is -2.34. The summed E-state index contributed by atoms with van der Waals surface area (Å²) in [7, 11) is 1.68. The van der Waals surface area contributed by atoms with Crippen LogP contribution in [0, 0.1) is 0 Å². The number of carboxylic acid groups (broad SMARTS) is 1. The van der Waals surface area contributed by atoms with Crippen LogP contribution in [-0.4, -0.2) is 42.3 Å². The summed E-state index contributed by atoms with van der Waals surface area (Å²) in [5.74, 6) is -0.961. The fourth-order valence-corrected chi connectivity index (χ4v) is 2.19. The van der Waals surface area contributed by atoms with Crippen molar-refractivity contribution in [1.82, 2.24) is 4.90 Å². The van der Waals surface area contributed by atoms with E-state index in [2.05, 4.69) is 18.7 Å². The molecule has 1 aromatic rings. The highest BCUT2D eigenvalue weighted by atomic mass is 35.5. The normalized spacial score (nSPS) is 12.7. The minimum absolute atomic E-state index is 0.214. The van der Waals surface area contributed by atoms with Gasteiger partial charge in [0.2, 0.25) is 0 Å². The van der Waals surface area contributed by atoms with E-state index >= 15 is 0 Å². The first-order valence-electron chi connectivity index (χ1n) is 6.74. The molecule has 0 aromatic heterocycles. The molecule has 0 aliphatic heterocycles. The van der Waals surface area contributed by atoms with Crippen molar-refractivity contribution >= 4 is 17.6 Å². The van der Waals surface area contributed by atoms with Crippen molar-refractivity contribution in [3.8, 4) is 0 Å². The second-order valence-corrected chi connectivity index (χ2v) is 5.24. The lowest BCUT2D eigenvalue weighted by atomic mass is 10.1. The fraction of sp³-hybridized carbons (Fsp3) is 0.533. The third kappa shape index (κ3) is 4.78. The summed E-state index contributed by atoms with van der Waals surface area (Å²) < 4.78 is 5.13. The van der Waals surface area contributed by atoms with Gasteiger partial charge in [-0.05, 0) is 31.0 Å². The Morgan fingerprint density at radius 3 is 2.70 bits per heavy atom. The topological polar surface area (TPSA) is 49.8 Å². The van der Waals surface area contributed by atoms with E-state index in [-0.39, 0.29) is 5.56 Å². The molecule has 4 nitrogen and oxygen atoms in total. The number of carbonyl (C=O) groups is 1. The summed E-state index contributed by atoms with van der Waals surface area (Å²) in [5.41, 5.74) is 1.15. The van der Waals surface area contributed by atoms with Crippen LogP contribution in [0.25, 0.3) is 0 Å². The van der Waals surface area contributed by atoms with E-state index in [0.29, 0.717) is 24.2 Å². The molecule has 20 heavy (non-hydrogen) atoms. The zero-order valence-electron chi connectivity index (χ0n) is 12.2. The highest BCUT2D eigenvalue weighted by Crippen LogP contribution is 2.21. The van der Waals surface area contributed by atoms with Crippen LogP contribution in [0.15, 0.2) is 18.2 Å². The van der Waals surface area contributed by atoms with Crippen LogP contribution < -0.4 is 0 Å². The van der Waals surface area contributed by atoms with Gasteiger partial charge in [0.15, 0.2) is 0 Å². The number of ether oxygens (including phenoxy) is 1. The average molecular weight is 300 g/mol. The summed E-state index contributed by atoms with van der Waals surface area (Å²) >= 11 is 6.18. The Morgan fingerprint density at radius 2 is 2.20 bits per heavy atom. The van der Waals surface area contributed by atoms with Crippen molar-refractivity contribution in [3.63, 3.8) is 0 Å². The summed E-state index contributed by atoms with van der Waals surface area (Å²) in [6, 6.07) is 5.30. The summed E-state index contributed by atoms with van der Waals surface area (Å²) in [6.45, 7) is 6.48. The predicted octanol–water partition coefficient (Wildman–Crippen LogP) is 3.29. The van der Waals surface area contributed by atoms with Gasteiger partial charge in [0, 0.05) is 31.3 Å². The molecule has 0 bridgehead atoms. The third-order valence-corrected chi connectivity index (χ3v) is 3.82. The maximum atomic E-state index is 10.9. The average Bonchev–Trinajstić information content (AvgIpc) is 2.43. The van der Waals surface area contributed by atoms with Gasteiger partial charge in [-0.15, -0.1) is 0 Å². The van der Waals surface area contributed by atoms with E-state index in [1.807, 2.05) is 0 Å². The highest BCUT2D eigenvalue weighted by molar-refractivity contribution is 6.31. The first kappa shape index (κ1) is 17.0. The molecule has 0 radical (unpaired) electrons. The summed E-state index contributed by atoms with van der Waals surface area (Å²) in [5, 5.41) is 9.43. The SMILES string of the molecule is CCC(C)N(CCOC)Cc1ccc(C(=O)O)cc1Cl. The quantitative estimate of drug-likeness (QED) is 0.800. The van der Waals surface area contributed by atoms with Gasteiger partial charge < -0.3 is 9.84 Å². The number of aromatic carboxylic acids is 1. The Morgan fingerprint density at radius 1 is 1.50 bits per heavy atom. The molecule has 1 N–H and O–H groups in total. The molecule has 112 valence electrons. The van der Waals surface area contributed by atoms with Crippen molar-refractivity contribution in [2.75, 3.05) is 20.3 Å². The minimum atomic E-state index is -0.961. The van der Waals surface area contributed by atoms with Gasteiger partial charge in [-0.2, -0.15) is 0 Å². The molecular weight excluding hydrogens is 278 g/mol. The standard InChI is InChI=1S/C15H22ClNO3/c1-4-11(2)17(7-8-20-3)10-13-6-5-12(15(18)19)9-14(13)16/h5-6,9,11H,4,7-8,10H2,1-3H3,(H,18,19). The van der Waals surface area contributed by atoms with Crippen LogP contribution in [0.2, 0.25) is 5.02 Å². The van der Waals surface area contributed by atoms with E-state index in [9.17, 15) is 4.79 Å². The largest absolute Gasteiger partial charge is 0.478 e. The van der Waals surface area contributed by atoms with Crippen molar-refractivity contribution < 1.29 is 14.6 Å². The van der Waals surface area contributed by atoms with Crippen molar-refractivity contribution in [2.45, 2.75) is 32.9 Å². The molecule has 5 heteroatoms. The van der Waals surface area contributed by atoms with Crippen LogP contribution in [0.1, 0.15) is 36.2 Å². The maximum absolute atomic E-state index is 10.9. The molecule has 0 fully saturated rings. The molecular formula is C15H22ClNO3. The van der Waals surface area contributed by atoms with Crippen LogP contribution in [0.3, 0.4) is 0 Å². The number of hydrogen-bond donors (Lipinski definition) is 1. The van der Waals surface area contributed by atoms with Gasteiger partial charge in [-0.3, -0.25) is 4.90 Å². The summed E-state index contributed by atoms with van der Waals surface area (Å²) in [4.78, 5) is 13.2. The third-order valence-electron chi connectivity index (χ3n) is 3.47. The van der Waals surface area contributed by atoms with Gasteiger partial charge in [0.05, 0.1) is 12.2 Å². The van der Waals surface area contributed by atoms with Crippen LogP contribution >= 0.6 is 11.6 Å². The monoisotopic (exact) mass is 299 g/mol. The number of rotatable bonds is 8. The molecule has 1 rings (SSSR count). The van der Waals surface area contributed by atoms with E-state index in [0.717, 1.165) is 18.5 Å². The molecule has 0 saturated carbocycles. The second-order valence-electron chi connectivity index (χ2n) is 4.83. The van der Waals surface area contributed by atoms with Gasteiger partial charge >= 0.3 is 5.97 Å². The van der Waals surface area contributed by atoms with Gasteiger partial charge in [-0.25, -0.2) is 4.79 Å². The fourth-order valence-electron chi connectivity index (χ4n) is 1.95. The van der Waals surface area contributed by atoms with Crippen molar-refractivity contribution in [3.05, 3.63) is 34.3 Å². The van der Waals surface area contributed by atoms with Crippen LogP contribution in [0.4, 0.5) is 0 Å². The van der Waals surface area contributed by atoms with Crippen molar-refractivity contribution in [2.24, 2.45) is 0 Å². The Balaban J connectivity index is 2.84.